The molecule has 1 aliphatic rings. The van der Waals surface area contributed by atoms with Crippen LogP contribution in [-0.2, 0) is 4.79 Å². The van der Waals surface area contributed by atoms with Crippen molar-refractivity contribution in [2.75, 3.05) is 0 Å². The number of carbonyl (C=O) groups is 1. The molecule has 0 radical (unpaired) electrons. The predicted octanol–water partition coefficient (Wildman–Crippen LogP) is 3.90. The Labute approximate surface area is 93.3 Å². The van der Waals surface area contributed by atoms with Crippen molar-refractivity contribution in [3.8, 4) is 0 Å². The summed E-state index contributed by atoms with van der Waals surface area (Å²) in [4.78, 5) is 12.1. The van der Waals surface area contributed by atoms with Crippen molar-refractivity contribution in [2.24, 2.45) is 11.3 Å². The number of rotatable bonds is 2. The molecule has 0 aromatic heterocycles. The highest BCUT2D eigenvalue weighted by atomic mass is 16.1. The summed E-state index contributed by atoms with van der Waals surface area (Å²) in [6.45, 7) is 8.37. The third-order valence-corrected chi connectivity index (χ3v) is 3.43. The Balaban J connectivity index is 3.00. The van der Waals surface area contributed by atoms with Crippen molar-refractivity contribution in [3.63, 3.8) is 0 Å². The maximum Gasteiger partial charge on any atom is 0.162 e. The molecular formula is C14H22O. The Morgan fingerprint density at radius 2 is 2.07 bits per heavy atom. The normalized spacial score (nSPS) is 28.5. The van der Waals surface area contributed by atoms with Gasteiger partial charge >= 0.3 is 0 Å². The van der Waals surface area contributed by atoms with Crippen LogP contribution in [0.5, 0.6) is 0 Å². The zero-order valence-electron chi connectivity index (χ0n) is 10.3. The summed E-state index contributed by atoms with van der Waals surface area (Å²) in [5, 5.41) is 0. The number of ketones is 1. The van der Waals surface area contributed by atoms with Crippen LogP contribution in [0, 0.1) is 11.3 Å². The first-order valence-corrected chi connectivity index (χ1v) is 5.84. The largest absolute Gasteiger partial charge is 0.294 e. The van der Waals surface area contributed by atoms with Crippen LogP contribution < -0.4 is 0 Å². The van der Waals surface area contributed by atoms with E-state index in [9.17, 15) is 4.79 Å². The fourth-order valence-electron chi connectivity index (χ4n) is 2.68. The Kier molecular flexibility index (Phi) is 3.90. The molecule has 1 aliphatic carbocycles. The van der Waals surface area contributed by atoms with Gasteiger partial charge in [-0.05, 0) is 44.6 Å². The van der Waals surface area contributed by atoms with Crippen molar-refractivity contribution in [2.45, 2.75) is 47.0 Å². The molecular weight excluding hydrogens is 184 g/mol. The van der Waals surface area contributed by atoms with Gasteiger partial charge in [0, 0.05) is 5.92 Å². The van der Waals surface area contributed by atoms with Crippen molar-refractivity contribution in [1.82, 2.24) is 0 Å². The summed E-state index contributed by atoms with van der Waals surface area (Å²) in [6.07, 6.45) is 9.16. The van der Waals surface area contributed by atoms with Crippen molar-refractivity contribution in [3.05, 3.63) is 23.8 Å². The van der Waals surface area contributed by atoms with E-state index >= 15 is 0 Å². The minimum Gasteiger partial charge on any atom is -0.294 e. The molecule has 0 aromatic rings. The summed E-state index contributed by atoms with van der Waals surface area (Å²) in [7, 11) is 0. The lowest BCUT2D eigenvalue weighted by molar-refractivity contribution is -0.120. The maximum absolute atomic E-state index is 12.1. The van der Waals surface area contributed by atoms with E-state index in [1.165, 1.54) is 12.0 Å². The summed E-state index contributed by atoms with van der Waals surface area (Å²) in [6, 6.07) is 0. The molecule has 1 rings (SSSR count). The fraction of sp³-hybridized carbons (Fsp3) is 0.643. The number of hydrogen-bond acceptors (Lipinski definition) is 1. The lowest BCUT2D eigenvalue weighted by atomic mass is 9.64. The quantitative estimate of drug-likeness (QED) is 0.494. The third kappa shape index (κ3) is 2.58. The average molecular weight is 206 g/mol. The zero-order chi connectivity index (χ0) is 11.5. The van der Waals surface area contributed by atoms with Crippen LogP contribution >= 0.6 is 0 Å². The maximum atomic E-state index is 12.1. The number of hydrogen-bond donors (Lipinski definition) is 0. The standard InChI is InChI=1S/C14H22O/c1-5-8-12(15)13-11(6-2)9-7-10-14(13,3)4/h5-6,8,13H,7,9-10H2,1-4H3/b8-5-,11-6-. The highest BCUT2D eigenvalue weighted by Gasteiger charge is 2.38. The summed E-state index contributed by atoms with van der Waals surface area (Å²) < 4.78 is 0. The van der Waals surface area contributed by atoms with Gasteiger partial charge in [-0.25, -0.2) is 0 Å². The minimum absolute atomic E-state index is 0.104. The Morgan fingerprint density at radius 3 is 2.60 bits per heavy atom. The summed E-state index contributed by atoms with van der Waals surface area (Å²) in [5.74, 6) is 0.378. The van der Waals surface area contributed by atoms with Gasteiger partial charge in [0.05, 0.1) is 0 Å². The van der Waals surface area contributed by atoms with E-state index in [1.807, 2.05) is 19.9 Å². The van der Waals surface area contributed by atoms with Gasteiger partial charge in [-0.2, -0.15) is 0 Å². The molecule has 0 aliphatic heterocycles. The second-order valence-corrected chi connectivity index (χ2v) is 5.04. The van der Waals surface area contributed by atoms with Crippen molar-refractivity contribution < 1.29 is 4.79 Å². The Morgan fingerprint density at radius 1 is 1.40 bits per heavy atom. The van der Waals surface area contributed by atoms with E-state index in [-0.39, 0.29) is 17.1 Å². The monoisotopic (exact) mass is 206 g/mol. The van der Waals surface area contributed by atoms with E-state index in [0.717, 1.165) is 12.8 Å². The third-order valence-electron chi connectivity index (χ3n) is 3.43. The van der Waals surface area contributed by atoms with Crippen LogP contribution in [0.2, 0.25) is 0 Å². The first-order chi connectivity index (χ1) is 7.03. The molecule has 84 valence electrons. The van der Waals surface area contributed by atoms with Gasteiger partial charge in [-0.3, -0.25) is 4.79 Å². The van der Waals surface area contributed by atoms with E-state index in [0.29, 0.717) is 0 Å². The van der Waals surface area contributed by atoms with E-state index in [4.69, 9.17) is 0 Å². The number of allylic oxidation sites excluding steroid dienone is 4. The molecule has 1 heteroatoms. The van der Waals surface area contributed by atoms with Crippen LogP contribution in [0.4, 0.5) is 0 Å². The first-order valence-electron chi connectivity index (χ1n) is 5.84. The van der Waals surface area contributed by atoms with Gasteiger partial charge in [-0.1, -0.05) is 31.6 Å². The van der Waals surface area contributed by atoms with Crippen LogP contribution in [0.3, 0.4) is 0 Å². The summed E-state index contributed by atoms with van der Waals surface area (Å²) >= 11 is 0. The van der Waals surface area contributed by atoms with E-state index < -0.39 is 0 Å². The molecule has 0 heterocycles. The van der Waals surface area contributed by atoms with Crippen LogP contribution in [0.15, 0.2) is 23.8 Å². The van der Waals surface area contributed by atoms with Gasteiger partial charge < -0.3 is 0 Å². The zero-order valence-corrected chi connectivity index (χ0v) is 10.3. The fourth-order valence-corrected chi connectivity index (χ4v) is 2.68. The van der Waals surface area contributed by atoms with Crippen molar-refractivity contribution >= 4 is 5.78 Å². The van der Waals surface area contributed by atoms with Gasteiger partial charge in [0.15, 0.2) is 5.78 Å². The predicted molar refractivity (Wildman–Crippen MR) is 64.7 cm³/mol. The lowest BCUT2D eigenvalue weighted by Gasteiger charge is -2.39. The van der Waals surface area contributed by atoms with Gasteiger partial charge in [0.2, 0.25) is 0 Å². The van der Waals surface area contributed by atoms with E-state index in [2.05, 4.69) is 19.9 Å². The molecule has 0 N–H and O–H groups in total. The molecule has 1 saturated carbocycles. The molecule has 1 atom stereocenters. The summed E-state index contributed by atoms with van der Waals surface area (Å²) in [5.41, 5.74) is 1.45. The van der Waals surface area contributed by atoms with Crippen LogP contribution in [0.25, 0.3) is 0 Å². The molecule has 1 unspecified atom stereocenters. The molecule has 1 nitrogen and oxygen atoms in total. The van der Waals surface area contributed by atoms with Crippen LogP contribution in [0.1, 0.15) is 47.0 Å². The van der Waals surface area contributed by atoms with Gasteiger partial charge in [0.1, 0.15) is 0 Å². The Bertz CT molecular complexity index is 294. The smallest absolute Gasteiger partial charge is 0.162 e. The second-order valence-electron chi connectivity index (χ2n) is 5.04. The SMILES string of the molecule is C/C=C\C(=O)C1/C(=C\C)CCCC1(C)C. The highest BCUT2D eigenvalue weighted by Crippen LogP contribution is 2.44. The molecule has 1 fully saturated rings. The van der Waals surface area contributed by atoms with E-state index in [1.54, 1.807) is 6.08 Å². The lowest BCUT2D eigenvalue weighted by Crippen LogP contribution is -2.35. The first kappa shape index (κ1) is 12.2. The topological polar surface area (TPSA) is 17.1 Å². The number of carbonyl (C=O) groups excluding carboxylic acids is 1. The van der Waals surface area contributed by atoms with Gasteiger partial charge in [-0.15, -0.1) is 0 Å². The molecule has 15 heavy (non-hydrogen) atoms. The Hall–Kier alpha value is -0.850. The van der Waals surface area contributed by atoms with Crippen molar-refractivity contribution in [1.29, 1.82) is 0 Å². The minimum atomic E-state index is 0.104. The molecule has 0 bridgehead atoms. The van der Waals surface area contributed by atoms with Crippen LogP contribution in [-0.4, -0.2) is 5.78 Å². The molecule has 0 aromatic carbocycles. The second kappa shape index (κ2) is 4.78. The highest BCUT2D eigenvalue weighted by molar-refractivity contribution is 5.94. The average Bonchev–Trinajstić information content (AvgIpc) is 2.16. The molecule has 0 amide bonds. The molecule has 0 spiro atoms. The van der Waals surface area contributed by atoms with Gasteiger partial charge in [0.25, 0.3) is 0 Å². The molecule has 0 saturated heterocycles.